The second kappa shape index (κ2) is 4.01. The fraction of sp³-hybridized carbons (Fsp3) is 0.875. The van der Waals surface area contributed by atoms with E-state index in [1.165, 1.54) is 0 Å². The Labute approximate surface area is 87.4 Å². The van der Waals surface area contributed by atoms with Crippen molar-refractivity contribution in [1.82, 2.24) is 9.80 Å². The van der Waals surface area contributed by atoms with Gasteiger partial charge in [0.05, 0.1) is 12.6 Å². The molecule has 0 radical (unpaired) electrons. The molecule has 2 rings (SSSR count). The third-order valence-corrected chi connectivity index (χ3v) is 2.79. The van der Waals surface area contributed by atoms with Gasteiger partial charge in [0.15, 0.2) is 5.03 Å². The maximum Gasteiger partial charge on any atom is 0.274 e. The van der Waals surface area contributed by atoms with Gasteiger partial charge in [-0.1, -0.05) is 0 Å². The van der Waals surface area contributed by atoms with Crippen molar-refractivity contribution in [2.45, 2.75) is 12.5 Å². The first kappa shape index (κ1) is 10.2. The summed E-state index contributed by atoms with van der Waals surface area (Å²) >= 11 is 0. The first-order chi connectivity index (χ1) is 7.18. The van der Waals surface area contributed by atoms with Gasteiger partial charge in [0, 0.05) is 26.7 Å². The minimum atomic E-state index is -0.639. The molecule has 2 fully saturated rings. The number of ether oxygens (including phenoxy) is 1. The Morgan fingerprint density at radius 2 is 2.40 bits per heavy atom. The Hall–Kier alpha value is -1.37. The maximum absolute atomic E-state index is 10.4. The fourth-order valence-corrected chi connectivity index (χ4v) is 2.00. The first-order valence-corrected chi connectivity index (χ1v) is 4.97. The van der Waals surface area contributed by atoms with Gasteiger partial charge in [-0.2, -0.15) is 0 Å². The molecule has 7 heteroatoms. The summed E-state index contributed by atoms with van der Waals surface area (Å²) in [4.78, 5) is 14.2. The predicted octanol–water partition coefficient (Wildman–Crippen LogP) is -0.430. The van der Waals surface area contributed by atoms with Crippen molar-refractivity contribution in [3.8, 4) is 0 Å². The SMILES string of the molecule is CN1CCN(C2CCOC2)C1=N[N+](=O)[O-]. The average Bonchev–Trinajstić information content (AvgIpc) is 2.76. The van der Waals surface area contributed by atoms with Crippen LogP contribution in [0, 0.1) is 10.1 Å². The number of likely N-dealkylation sites (N-methyl/N-ethyl adjacent to an activating group) is 1. The summed E-state index contributed by atoms with van der Waals surface area (Å²) in [5.41, 5.74) is 0. The van der Waals surface area contributed by atoms with Gasteiger partial charge in [0.1, 0.15) is 5.10 Å². The lowest BCUT2D eigenvalue weighted by molar-refractivity contribution is -0.486. The van der Waals surface area contributed by atoms with Crippen molar-refractivity contribution in [2.75, 3.05) is 33.4 Å². The molecule has 0 amide bonds. The minimum absolute atomic E-state index is 0.244. The molecule has 2 saturated heterocycles. The molecule has 1 atom stereocenters. The zero-order chi connectivity index (χ0) is 10.8. The monoisotopic (exact) mass is 214 g/mol. The van der Waals surface area contributed by atoms with Crippen molar-refractivity contribution in [2.24, 2.45) is 5.10 Å². The highest BCUT2D eigenvalue weighted by atomic mass is 16.7. The normalized spacial score (nSPS) is 29.1. The number of hydrogen-bond donors (Lipinski definition) is 0. The highest BCUT2D eigenvalue weighted by Gasteiger charge is 2.34. The molecule has 2 aliphatic heterocycles. The molecule has 0 N–H and O–H groups in total. The van der Waals surface area contributed by atoms with Crippen LogP contribution in [0.2, 0.25) is 0 Å². The maximum atomic E-state index is 10.4. The second-order valence-corrected chi connectivity index (χ2v) is 3.77. The van der Waals surface area contributed by atoms with Crippen molar-refractivity contribution in [3.05, 3.63) is 10.1 Å². The molecule has 84 valence electrons. The zero-order valence-corrected chi connectivity index (χ0v) is 8.63. The molecule has 0 aliphatic carbocycles. The van der Waals surface area contributed by atoms with Crippen LogP contribution in [0.3, 0.4) is 0 Å². The van der Waals surface area contributed by atoms with Crippen LogP contribution >= 0.6 is 0 Å². The smallest absolute Gasteiger partial charge is 0.274 e. The molecule has 0 aromatic rings. The zero-order valence-electron chi connectivity index (χ0n) is 8.63. The van der Waals surface area contributed by atoms with Gasteiger partial charge in [0.2, 0.25) is 0 Å². The molecule has 7 nitrogen and oxygen atoms in total. The van der Waals surface area contributed by atoms with E-state index >= 15 is 0 Å². The van der Waals surface area contributed by atoms with Crippen LogP contribution in [0.1, 0.15) is 6.42 Å². The molecule has 0 bridgehead atoms. The van der Waals surface area contributed by atoms with E-state index in [2.05, 4.69) is 5.10 Å². The van der Waals surface area contributed by atoms with Gasteiger partial charge < -0.3 is 14.5 Å². The standard InChI is InChI=1S/C8H14N4O3/c1-10-3-4-11(7-2-5-15-6-7)8(10)9-12(13)14/h7H,2-6H2,1H3. The third-order valence-electron chi connectivity index (χ3n) is 2.79. The first-order valence-electron chi connectivity index (χ1n) is 4.97. The lowest BCUT2D eigenvalue weighted by atomic mass is 10.2. The third kappa shape index (κ3) is 2.01. The van der Waals surface area contributed by atoms with E-state index in [1.54, 1.807) is 4.90 Å². The van der Waals surface area contributed by atoms with Crippen LogP contribution in [0.4, 0.5) is 0 Å². The summed E-state index contributed by atoms with van der Waals surface area (Å²) in [5, 5.41) is 13.2. The number of guanidine groups is 1. The summed E-state index contributed by atoms with van der Waals surface area (Å²) < 4.78 is 5.27. The Morgan fingerprint density at radius 3 is 3.00 bits per heavy atom. The van der Waals surface area contributed by atoms with Crippen LogP contribution in [-0.4, -0.2) is 60.2 Å². The van der Waals surface area contributed by atoms with Crippen molar-refractivity contribution in [3.63, 3.8) is 0 Å². The van der Waals surface area contributed by atoms with E-state index in [0.29, 0.717) is 12.6 Å². The van der Waals surface area contributed by atoms with Gasteiger partial charge >= 0.3 is 0 Å². The second-order valence-electron chi connectivity index (χ2n) is 3.77. The Kier molecular flexibility index (Phi) is 2.72. The van der Waals surface area contributed by atoms with Gasteiger partial charge in [-0.15, -0.1) is 0 Å². The van der Waals surface area contributed by atoms with Crippen molar-refractivity contribution < 1.29 is 9.77 Å². The molecule has 2 heterocycles. The number of nitrogens with zero attached hydrogens (tertiary/aromatic N) is 4. The van der Waals surface area contributed by atoms with Gasteiger partial charge in [-0.05, 0) is 6.42 Å². The molecule has 0 aromatic heterocycles. The Balaban J connectivity index is 2.13. The largest absolute Gasteiger partial charge is 0.379 e. The summed E-state index contributed by atoms with van der Waals surface area (Å²) in [6.45, 7) is 2.95. The molecule has 15 heavy (non-hydrogen) atoms. The lowest BCUT2D eigenvalue weighted by Crippen LogP contribution is -2.40. The van der Waals surface area contributed by atoms with Gasteiger partial charge in [-0.3, -0.25) is 0 Å². The quantitative estimate of drug-likeness (QED) is 0.461. The van der Waals surface area contributed by atoms with Crippen LogP contribution in [-0.2, 0) is 4.74 Å². The summed E-state index contributed by atoms with van der Waals surface area (Å²) in [6.07, 6.45) is 0.921. The van der Waals surface area contributed by atoms with E-state index in [9.17, 15) is 10.1 Å². The Morgan fingerprint density at radius 1 is 1.60 bits per heavy atom. The molecule has 0 saturated carbocycles. The Bertz CT molecular complexity index is 288. The number of rotatable bonds is 2. The van der Waals surface area contributed by atoms with Crippen molar-refractivity contribution >= 4 is 5.96 Å². The highest BCUT2D eigenvalue weighted by molar-refractivity contribution is 5.81. The number of hydrazone groups is 1. The van der Waals surface area contributed by atoms with Crippen LogP contribution in [0.5, 0.6) is 0 Å². The molecule has 0 aromatic carbocycles. The van der Waals surface area contributed by atoms with E-state index in [-0.39, 0.29) is 6.04 Å². The highest BCUT2D eigenvalue weighted by Crippen LogP contribution is 2.17. The molecular formula is C8H14N4O3. The molecule has 2 aliphatic rings. The predicted molar refractivity (Wildman–Crippen MR) is 53.0 cm³/mol. The van der Waals surface area contributed by atoms with E-state index in [0.717, 1.165) is 26.1 Å². The summed E-state index contributed by atoms with van der Waals surface area (Å²) in [5.74, 6) is 0.454. The molecule has 0 spiro atoms. The van der Waals surface area contributed by atoms with Crippen molar-refractivity contribution in [1.29, 1.82) is 0 Å². The van der Waals surface area contributed by atoms with Crippen LogP contribution in [0.25, 0.3) is 0 Å². The number of hydrogen-bond acceptors (Lipinski definition) is 3. The fourth-order valence-electron chi connectivity index (χ4n) is 2.00. The van der Waals surface area contributed by atoms with E-state index < -0.39 is 5.03 Å². The van der Waals surface area contributed by atoms with Gasteiger partial charge in [-0.25, -0.2) is 10.1 Å². The topological polar surface area (TPSA) is 71.2 Å². The van der Waals surface area contributed by atoms with Crippen LogP contribution in [0.15, 0.2) is 5.10 Å². The average molecular weight is 214 g/mol. The minimum Gasteiger partial charge on any atom is -0.379 e. The van der Waals surface area contributed by atoms with Gasteiger partial charge in [0.25, 0.3) is 5.96 Å². The number of nitro groups is 1. The van der Waals surface area contributed by atoms with Crippen LogP contribution < -0.4 is 0 Å². The molecule has 1 unspecified atom stereocenters. The van der Waals surface area contributed by atoms with E-state index in [4.69, 9.17) is 4.74 Å². The lowest BCUT2D eigenvalue weighted by Gasteiger charge is -2.23. The summed E-state index contributed by atoms with van der Waals surface area (Å²) in [6, 6.07) is 0.244. The summed E-state index contributed by atoms with van der Waals surface area (Å²) in [7, 11) is 1.82. The van der Waals surface area contributed by atoms with E-state index in [1.807, 2.05) is 11.9 Å². The molecular weight excluding hydrogens is 200 g/mol.